The summed E-state index contributed by atoms with van der Waals surface area (Å²) >= 11 is 12.8. The van der Waals surface area contributed by atoms with Crippen LogP contribution in [0.25, 0.3) is 0 Å². The monoisotopic (exact) mass is 463 g/mol. The minimum atomic E-state index is -1.21. The Bertz CT molecular complexity index is 1020. The van der Waals surface area contributed by atoms with Crippen molar-refractivity contribution in [2.75, 3.05) is 19.0 Å². The van der Waals surface area contributed by atoms with Gasteiger partial charge in [0.05, 0.1) is 31.0 Å². The van der Waals surface area contributed by atoms with Gasteiger partial charge in [0.25, 0.3) is 0 Å². The number of rotatable bonds is 7. The number of fused-ring (bicyclic) bond motifs is 2. The van der Waals surface area contributed by atoms with E-state index in [1.54, 1.807) is 0 Å². The molecule has 4 rings (SSSR count). The molecule has 0 atom stereocenters. The molecule has 0 saturated heterocycles. The molecule has 31 heavy (non-hydrogen) atoms. The Labute approximate surface area is 191 Å². The van der Waals surface area contributed by atoms with Crippen LogP contribution in [-0.4, -0.2) is 38.9 Å². The predicted octanol–water partition coefficient (Wildman–Crippen LogP) is 2.51. The highest BCUT2D eigenvalue weighted by Crippen LogP contribution is 2.32. The maximum Gasteiger partial charge on any atom is 0.563 e. The first-order chi connectivity index (χ1) is 14.9. The quantitative estimate of drug-likeness (QED) is 0.370. The molecule has 2 aliphatic rings. The van der Waals surface area contributed by atoms with Gasteiger partial charge in [-0.15, -0.1) is 0 Å². The third-order valence-electron chi connectivity index (χ3n) is 5.36. The maximum absolute atomic E-state index is 12.5. The summed E-state index contributed by atoms with van der Waals surface area (Å²) in [6, 6.07) is 5.24. The van der Waals surface area contributed by atoms with Crippen molar-refractivity contribution in [1.29, 1.82) is 0 Å². The van der Waals surface area contributed by atoms with E-state index in [0.717, 1.165) is 36.1 Å². The van der Waals surface area contributed by atoms with E-state index in [0.29, 0.717) is 22.7 Å². The molecule has 7 nitrogen and oxygen atoms in total. The van der Waals surface area contributed by atoms with E-state index < -0.39 is 20.2 Å². The fraction of sp³-hybridized carbons (Fsp3) is 0.350. The summed E-state index contributed by atoms with van der Waals surface area (Å²) in [6.07, 6.45) is 2.09. The highest BCUT2D eigenvalue weighted by atomic mass is 35.5. The molecule has 0 unspecified atom stereocenters. The number of carbonyl (C=O) groups is 1. The summed E-state index contributed by atoms with van der Waals surface area (Å²) in [5.41, 5.74) is 3.46. The van der Waals surface area contributed by atoms with Crippen LogP contribution < -0.4 is 20.9 Å². The van der Waals surface area contributed by atoms with Crippen molar-refractivity contribution in [2.24, 2.45) is 0 Å². The van der Waals surface area contributed by atoms with E-state index in [1.807, 2.05) is 12.1 Å². The van der Waals surface area contributed by atoms with Crippen LogP contribution in [-0.2, 0) is 27.3 Å². The van der Waals surface area contributed by atoms with Crippen LogP contribution in [0.2, 0.25) is 10.0 Å². The molecular formula is C20H21B2Cl2NO6. The molecule has 0 fully saturated rings. The van der Waals surface area contributed by atoms with Crippen molar-refractivity contribution >= 4 is 60.0 Å². The van der Waals surface area contributed by atoms with E-state index in [-0.39, 0.29) is 22.9 Å². The molecule has 0 amide bonds. The average molecular weight is 464 g/mol. The van der Waals surface area contributed by atoms with Crippen LogP contribution in [0.1, 0.15) is 41.3 Å². The van der Waals surface area contributed by atoms with E-state index in [2.05, 4.69) is 12.2 Å². The van der Waals surface area contributed by atoms with Crippen molar-refractivity contribution < 1.29 is 28.5 Å². The lowest BCUT2D eigenvalue weighted by atomic mass is 9.76. The summed E-state index contributed by atoms with van der Waals surface area (Å²) in [5.74, 6) is -0.418. The molecule has 2 N–H and O–H groups in total. The van der Waals surface area contributed by atoms with Crippen LogP contribution in [0.3, 0.4) is 0 Å². The second-order valence-corrected chi connectivity index (χ2v) is 8.17. The zero-order chi connectivity index (χ0) is 22.1. The van der Waals surface area contributed by atoms with Crippen LogP contribution in [0.5, 0.6) is 5.75 Å². The Balaban J connectivity index is 1.68. The van der Waals surface area contributed by atoms with Gasteiger partial charge >= 0.3 is 20.2 Å². The Hall–Kier alpha value is -1.90. The largest absolute Gasteiger partial charge is 0.563 e. The second kappa shape index (κ2) is 9.30. The third kappa shape index (κ3) is 4.25. The molecule has 0 saturated carbocycles. The number of hydrogen-bond acceptors (Lipinski definition) is 7. The topological polar surface area (TPSA) is 86.3 Å². The third-order valence-corrected chi connectivity index (χ3v) is 5.99. The summed E-state index contributed by atoms with van der Waals surface area (Å²) in [7, 11) is -0.692. The number of anilines is 1. The number of nitrogens with one attached hydrogen (secondary N) is 1. The van der Waals surface area contributed by atoms with Gasteiger partial charge in [0.15, 0.2) is 0 Å². The van der Waals surface area contributed by atoms with Gasteiger partial charge in [-0.2, -0.15) is 0 Å². The number of halogens is 2. The Morgan fingerprint density at radius 1 is 1.23 bits per heavy atom. The number of methoxy groups -OCH3 is 1. The highest BCUT2D eigenvalue weighted by Gasteiger charge is 2.39. The van der Waals surface area contributed by atoms with Crippen molar-refractivity contribution in [1.82, 2.24) is 0 Å². The predicted molar refractivity (Wildman–Crippen MR) is 121 cm³/mol. The van der Waals surface area contributed by atoms with Crippen molar-refractivity contribution in [2.45, 2.75) is 33.0 Å². The summed E-state index contributed by atoms with van der Waals surface area (Å²) in [4.78, 5) is 12.5. The lowest BCUT2D eigenvalue weighted by molar-refractivity contribution is 0.0595. The number of ether oxygens (including phenoxy) is 1. The van der Waals surface area contributed by atoms with Gasteiger partial charge in [-0.1, -0.05) is 36.5 Å². The fourth-order valence-corrected chi connectivity index (χ4v) is 4.31. The summed E-state index contributed by atoms with van der Waals surface area (Å²) < 4.78 is 22.1. The first-order valence-corrected chi connectivity index (χ1v) is 10.8. The Morgan fingerprint density at radius 3 is 2.77 bits per heavy atom. The molecule has 2 aliphatic heterocycles. The molecule has 0 aliphatic carbocycles. The standard InChI is InChI=1S/C20H21B2Cl2NO6/c1-3-4-5-25-16-7-13-11(6-14(16)23)9-30-22(13)31-17-8-15(24)19-12(10-29-21(19)27)18(17)20(26)28-2/h6-8,25,27H,3-5,9-10H2,1-2H3. The van der Waals surface area contributed by atoms with Crippen LogP contribution >= 0.6 is 23.2 Å². The van der Waals surface area contributed by atoms with E-state index in [4.69, 9.17) is 41.9 Å². The lowest BCUT2D eigenvalue weighted by Gasteiger charge is -2.17. The minimum Gasteiger partial charge on any atom is -0.532 e. The first-order valence-electron chi connectivity index (χ1n) is 10.0. The van der Waals surface area contributed by atoms with Gasteiger partial charge in [-0.05, 0) is 35.7 Å². The lowest BCUT2D eigenvalue weighted by Crippen LogP contribution is -2.37. The van der Waals surface area contributed by atoms with Crippen LogP contribution in [0, 0.1) is 0 Å². The molecule has 2 heterocycles. The highest BCUT2D eigenvalue weighted by molar-refractivity contribution is 6.66. The normalized spacial score (nSPS) is 14.5. The zero-order valence-corrected chi connectivity index (χ0v) is 18.7. The number of benzene rings is 2. The second-order valence-electron chi connectivity index (χ2n) is 7.35. The number of hydrogen-bond donors (Lipinski definition) is 2. The van der Waals surface area contributed by atoms with Gasteiger partial charge in [0, 0.05) is 22.5 Å². The molecule has 0 spiro atoms. The van der Waals surface area contributed by atoms with Gasteiger partial charge in [-0.3, -0.25) is 0 Å². The maximum atomic E-state index is 12.5. The molecule has 2 aromatic rings. The fourth-order valence-electron chi connectivity index (χ4n) is 3.75. The average Bonchev–Trinajstić information content (AvgIpc) is 3.32. The molecule has 0 aromatic heterocycles. The van der Waals surface area contributed by atoms with E-state index in [1.165, 1.54) is 13.2 Å². The van der Waals surface area contributed by atoms with Crippen molar-refractivity contribution in [3.8, 4) is 5.75 Å². The van der Waals surface area contributed by atoms with E-state index in [9.17, 15) is 9.82 Å². The zero-order valence-electron chi connectivity index (χ0n) is 17.2. The number of unbranched alkanes of at least 4 members (excludes halogenated alkanes) is 1. The first kappa shape index (κ1) is 22.3. The minimum absolute atomic E-state index is 0.0149. The Morgan fingerprint density at radius 2 is 2.03 bits per heavy atom. The van der Waals surface area contributed by atoms with Gasteiger partial charge in [0.2, 0.25) is 0 Å². The van der Waals surface area contributed by atoms with Gasteiger partial charge in [-0.25, -0.2) is 4.79 Å². The molecule has 0 radical (unpaired) electrons. The van der Waals surface area contributed by atoms with E-state index >= 15 is 0 Å². The Kier molecular flexibility index (Phi) is 6.69. The molecular weight excluding hydrogens is 443 g/mol. The summed E-state index contributed by atoms with van der Waals surface area (Å²) in [6.45, 7) is 3.26. The number of carbonyl (C=O) groups excluding carboxylic acids is 1. The number of esters is 1. The van der Waals surface area contributed by atoms with Gasteiger partial charge in [0.1, 0.15) is 11.3 Å². The molecule has 0 bridgehead atoms. The molecule has 2 aromatic carbocycles. The summed E-state index contributed by atoms with van der Waals surface area (Å²) in [5, 5.41) is 14.2. The van der Waals surface area contributed by atoms with Crippen molar-refractivity contribution in [3.63, 3.8) is 0 Å². The molecule has 11 heteroatoms. The van der Waals surface area contributed by atoms with Gasteiger partial charge < -0.3 is 29.0 Å². The smallest absolute Gasteiger partial charge is 0.532 e. The van der Waals surface area contributed by atoms with Crippen LogP contribution in [0.15, 0.2) is 18.2 Å². The van der Waals surface area contributed by atoms with Crippen molar-refractivity contribution in [3.05, 3.63) is 44.9 Å². The van der Waals surface area contributed by atoms with Crippen LogP contribution in [0.4, 0.5) is 5.69 Å². The SMILES string of the molecule is CCCCNc1cc2c(cc1Cl)COB2Oc1cc(Cl)c2c(c1C(=O)OC)COB2O. The molecule has 162 valence electrons.